The highest BCUT2D eigenvalue weighted by Gasteiger charge is 2.31. The number of hydrogen-bond donors (Lipinski definition) is 3. The summed E-state index contributed by atoms with van der Waals surface area (Å²) >= 11 is 5.88. The molecule has 1 heterocycles. The third-order valence-corrected chi connectivity index (χ3v) is 5.65. The van der Waals surface area contributed by atoms with E-state index in [-0.39, 0.29) is 17.0 Å². The number of aryl methyl sites for hydroxylation is 1. The molecule has 0 radical (unpaired) electrons. The summed E-state index contributed by atoms with van der Waals surface area (Å²) in [5.74, 6) is -0.653. The van der Waals surface area contributed by atoms with Crippen LogP contribution >= 0.6 is 11.6 Å². The van der Waals surface area contributed by atoms with Gasteiger partial charge in [-0.25, -0.2) is 0 Å². The molecule has 2 amide bonds. The van der Waals surface area contributed by atoms with Crippen molar-refractivity contribution in [2.45, 2.75) is 32.4 Å². The maximum Gasteiger partial charge on any atom is 0.416 e. The van der Waals surface area contributed by atoms with Crippen LogP contribution in [0.4, 0.5) is 18.9 Å². The number of fused-ring (bicyclic) bond motifs is 1. The van der Waals surface area contributed by atoms with Crippen LogP contribution in [0.2, 0.25) is 5.02 Å². The predicted octanol–water partition coefficient (Wildman–Crippen LogP) is 5.49. The molecule has 35 heavy (non-hydrogen) atoms. The third kappa shape index (κ3) is 5.48. The van der Waals surface area contributed by atoms with Crippen molar-refractivity contribution in [3.63, 3.8) is 0 Å². The van der Waals surface area contributed by atoms with Crippen LogP contribution in [0.3, 0.4) is 0 Å². The Balaban J connectivity index is 1.50. The number of anilines is 1. The molecule has 0 saturated carbocycles. The number of alkyl halides is 3. The van der Waals surface area contributed by atoms with Crippen molar-refractivity contribution in [2.75, 3.05) is 5.43 Å². The summed E-state index contributed by atoms with van der Waals surface area (Å²) in [5, 5.41) is 4.68. The van der Waals surface area contributed by atoms with Gasteiger partial charge in [-0.15, -0.1) is 0 Å². The van der Waals surface area contributed by atoms with Crippen LogP contribution in [0.15, 0.2) is 58.0 Å². The van der Waals surface area contributed by atoms with E-state index >= 15 is 0 Å². The third-order valence-electron chi connectivity index (χ3n) is 5.42. The number of benzene rings is 2. The summed E-state index contributed by atoms with van der Waals surface area (Å²) in [5.41, 5.74) is 8.68. The molecule has 4 rings (SSSR count). The second kappa shape index (κ2) is 9.83. The second-order valence-corrected chi connectivity index (χ2v) is 8.31. The summed E-state index contributed by atoms with van der Waals surface area (Å²) in [6.07, 6.45) is -2.66. The van der Waals surface area contributed by atoms with E-state index in [9.17, 15) is 22.8 Å². The maximum atomic E-state index is 13.0. The van der Waals surface area contributed by atoms with E-state index in [0.717, 1.165) is 12.1 Å². The maximum absolute atomic E-state index is 13.0. The molecule has 0 aliphatic heterocycles. The van der Waals surface area contributed by atoms with Crippen LogP contribution in [0, 0.1) is 6.92 Å². The molecule has 3 N–H and O–H groups in total. The van der Waals surface area contributed by atoms with Gasteiger partial charge in [0.25, 0.3) is 5.91 Å². The van der Waals surface area contributed by atoms with Gasteiger partial charge in [0.1, 0.15) is 5.76 Å². The summed E-state index contributed by atoms with van der Waals surface area (Å²) in [7, 11) is 0. The first-order valence-electron chi connectivity index (χ1n) is 10.6. The Morgan fingerprint density at radius 3 is 2.51 bits per heavy atom. The molecule has 0 saturated heterocycles. The lowest BCUT2D eigenvalue weighted by Gasteiger charge is -2.14. The van der Waals surface area contributed by atoms with Crippen LogP contribution in [-0.2, 0) is 12.6 Å². The second-order valence-electron chi connectivity index (χ2n) is 7.88. The Morgan fingerprint density at radius 1 is 1.03 bits per heavy atom. The van der Waals surface area contributed by atoms with E-state index < -0.39 is 23.6 Å². The molecule has 0 atom stereocenters. The minimum absolute atomic E-state index is 0.00932. The molecular formula is C24H20ClF3N4O3. The summed E-state index contributed by atoms with van der Waals surface area (Å²) < 4.78 is 44.7. The average Bonchev–Trinajstić information content (AvgIpc) is 3.18. The van der Waals surface area contributed by atoms with Gasteiger partial charge in [0, 0.05) is 28.1 Å². The molecule has 0 bridgehead atoms. The average molecular weight is 505 g/mol. The lowest BCUT2D eigenvalue weighted by atomic mass is 9.93. The smallest absolute Gasteiger partial charge is 0.416 e. The minimum atomic E-state index is -4.46. The first-order chi connectivity index (χ1) is 16.6. The Kier molecular flexibility index (Phi) is 6.83. The van der Waals surface area contributed by atoms with Crippen LogP contribution in [0.1, 0.15) is 56.2 Å². The van der Waals surface area contributed by atoms with Crippen molar-refractivity contribution in [1.29, 1.82) is 0 Å². The largest absolute Gasteiger partial charge is 0.455 e. The van der Waals surface area contributed by atoms with E-state index in [1.165, 1.54) is 18.2 Å². The van der Waals surface area contributed by atoms with E-state index in [1.807, 2.05) is 0 Å². The minimum Gasteiger partial charge on any atom is -0.455 e. The molecule has 1 aliphatic carbocycles. The molecule has 3 aromatic rings. The van der Waals surface area contributed by atoms with Gasteiger partial charge in [-0.2, -0.15) is 18.3 Å². The van der Waals surface area contributed by atoms with Gasteiger partial charge in [0.05, 0.1) is 17.0 Å². The fraction of sp³-hybridized carbons (Fsp3) is 0.208. The number of hydrazone groups is 1. The highest BCUT2D eigenvalue weighted by atomic mass is 35.5. The van der Waals surface area contributed by atoms with Crippen molar-refractivity contribution >= 4 is 34.8 Å². The molecule has 1 aromatic heterocycles. The fourth-order valence-electron chi connectivity index (χ4n) is 3.77. The molecule has 2 aromatic carbocycles. The number of halogens is 4. The zero-order valence-corrected chi connectivity index (χ0v) is 19.2. The molecule has 0 spiro atoms. The number of rotatable bonds is 4. The fourth-order valence-corrected chi connectivity index (χ4v) is 3.96. The highest BCUT2D eigenvalue weighted by molar-refractivity contribution is 6.31. The van der Waals surface area contributed by atoms with Gasteiger partial charge < -0.3 is 4.42 Å². The number of nitrogens with zero attached hydrogens (tertiary/aromatic N) is 1. The first-order valence-corrected chi connectivity index (χ1v) is 11.0. The van der Waals surface area contributed by atoms with Crippen molar-refractivity contribution in [3.05, 3.63) is 87.3 Å². The number of nitrogens with one attached hydrogen (secondary N) is 3. The van der Waals surface area contributed by atoms with Crippen LogP contribution < -0.4 is 16.3 Å². The van der Waals surface area contributed by atoms with Gasteiger partial charge in [-0.3, -0.25) is 25.9 Å². The number of furan rings is 1. The summed E-state index contributed by atoms with van der Waals surface area (Å²) in [4.78, 5) is 25.0. The van der Waals surface area contributed by atoms with Gasteiger partial charge in [-0.05, 0) is 56.2 Å². The van der Waals surface area contributed by atoms with E-state index in [0.29, 0.717) is 46.9 Å². The van der Waals surface area contributed by atoms with E-state index in [2.05, 4.69) is 21.4 Å². The van der Waals surface area contributed by atoms with Crippen molar-refractivity contribution in [1.82, 2.24) is 10.9 Å². The van der Waals surface area contributed by atoms with E-state index in [1.54, 1.807) is 25.1 Å². The molecule has 0 fully saturated rings. The molecule has 7 nitrogen and oxygen atoms in total. The van der Waals surface area contributed by atoms with Gasteiger partial charge in [-0.1, -0.05) is 23.7 Å². The van der Waals surface area contributed by atoms with Crippen molar-refractivity contribution < 1.29 is 27.2 Å². The van der Waals surface area contributed by atoms with Crippen LogP contribution in [-0.4, -0.2) is 17.5 Å². The predicted molar refractivity (Wildman–Crippen MR) is 124 cm³/mol. The van der Waals surface area contributed by atoms with Gasteiger partial charge in [0.2, 0.25) is 0 Å². The Hall–Kier alpha value is -3.79. The SMILES string of the molecule is Cc1c(C(=O)NNC(=O)c2cccc(Cl)c2)oc2c1/C(=N/Nc1cccc(C(F)(F)F)c1)CCC2. The van der Waals surface area contributed by atoms with Crippen molar-refractivity contribution in [2.24, 2.45) is 5.10 Å². The summed E-state index contributed by atoms with van der Waals surface area (Å²) in [6.45, 7) is 1.68. The Morgan fingerprint density at radius 2 is 1.77 bits per heavy atom. The standard InChI is InChI=1S/C24H20ClF3N4O3/c1-13-20-18(30-29-17-8-3-6-15(12-17)24(26,27)28)9-4-10-19(20)35-21(13)23(34)32-31-22(33)14-5-2-7-16(25)11-14/h2-3,5-8,11-12,29H,4,9-10H2,1H3,(H,31,33)(H,32,34)/b30-18+. The monoisotopic (exact) mass is 504 g/mol. The molecule has 11 heteroatoms. The first kappa shape index (κ1) is 24.3. The number of carbonyl (C=O) groups is 2. The highest BCUT2D eigenvalue weighted by Crippen LogP contribution is 2.32. The Bertz CT molecular complexity index is 1320. The van der Waals surface area contributed by atoms with Crippen molar-refractivity contribution in [3.8, 4) is 0 Å². The topological polar surface area (TPSA) is 95.7 Å². The molecule has 1 aliphatic rings. The normalized spacial score (nSPS) is 14.4. The molecule has 0 unspecified atom stereocenters. The zero-order chi connectivity index (χ0) is 25.2. The number of amides is 2. The van der Waals surface area contributed by atoms with Gasteiger partial charge >= 0.3 is 12.1 Å². The zero-order valence-electron chi connectivity index (χ0n) is 18.4. The number of hydrazine groups is 1. The number of hydrogen-bond acceptors (Lipinski definition) is 5. The molecule has 182 valence electrons. The van der Waals surface area contributed by atoms with Gasteiger partial charge in [0.15, 0.2) is 5.76 Å². The Labute approximate surface area is 203 Å². The lowest BCUT2D eigenvalue weighted by Crippen LogP contribution is -2.41. The lowest BCUT2D eigenvalue weighted by molar-refractivity contribution is -0.137. The quantitative estimate of drug-likeness (QED) is 0.409. The number of carbonyl (C=O) groups excluding carboxylic acids is 2. The van der Waals surface area contributed by atoms with Crippen LogP contribution in [0.5, 0.6) is 0 Å². The summed E-state index contributed by atoms with van der Waals surface area (Å²) in [6, 6.07) is 11.0. The van der Waals surface area contributed by atoms with Crippen LogP contribution in [0.25, 0.3) is 0 Å². The molecular weight excluding hydrogens is 485 g/mol. The van der Waals surface area contributed by atoms with E-state index in [4.69, 9.17) is 16.0 Å².